The number of aryl methyl sites for hydroxylation is 1. The van der Waals surface area contributed by atoms with Gasteiger partial charge in [-0.1, -0.05) is 5.21 Å². The lowest BCUT2D eigenvalue weighted by molar-refractivity contribution is 0.0688. The molecule has 0 atom stereocenters. The maximum absolute atomic E-state index is 11.0. The van der Waals surface area contributed by atoms with E-state index in [1.807, 2.05) is 6.26 Å². The van der Waals surface area contributed by atoms with Crippen molar-refractivity contribution in [2.75, 3.05) is 25.7 Å². The van der Waals surface area contributed by atoms with E-state index in [1.54, 1.807) is 23.6 Å². The van der Waals surface area contributed by atoms with Crippen molar-refractivity contribution in [3.8, 4) is 0 Å². The fraction of sp³-hybridized carbons (Fsp3) is 0.700. The number of thioether (sulfide) groups is 1. The standard InChI is InChI=1S/C10H17N3O3S/c1-16-6-4-8-9(10(14)15)11-12-13(8)5-3-7-17-2/h3-7H2,1-2H3,(H,14,15). The van der Waals surface area contributed by atoms with Crippen molar-refractivity contribution in [2.24, 2.45) is 0 Å². The number of rotatable bonds is 8. The Labute approximate surface area is 104 Å². The summed E-state index contributed by atoms with van der Waals surface area (Å²) in [5.74, 6) is -0.0152. The quantitative estimate of drug-likeness (QED) is 0.699. The average Bonchev–Trinajstić information content (AvgIpc) is 2.70. The summed E-state index contributed by atoms with van der Waals surface area (Å²) in [7, 11) is 1.59. The van der Waals surface area contributed by atoms with E-state index >= 15 is 0 Å². The molecule has 7 heteroatoms. The van der Waals surface area contributed by atoms with E-state index in [-0.39, 0.29) is 5.69 Å². The highest BCUT2D eigenvalue weighted by atomic mass is 32.2. The number of hydrogen-bond acceptors (Lipinski definition) is 5. The number of aromatic nitrogens is 3. The van der Waals surface area contributed by atoms with Crippen molar-refractivity contribution >= 4 is 17.7 Å². The first-order chi connectivity index (χ1) is 8.20. The highest BCUT2D eigenvalue weighted by Crippen LogP contribution is 2.08. The number of ether oxygens (including phenoxy) is 1. The summed E-state index contributed by atoms with van der Waals surface area (Å²) in [6.45, 7) is 1.16. The molecule has 1 aromatic rings. The van der Waals surface area contributed by atoms with Crippen LogP contribution in [0.3, 0.4) is 0 Å². The molecule has 1 N–H and O–H groups in total. The van der Waals surface area contributed by atoms with Gasteiger partial charge in [0.1, 0.15) is 0 Å². The molecular weight excluding hydrogens is 242 g/mol. The molecule has 0 saturated carbocycles. The lowest BCUT2D eigenvalue weighted by Crippen LogP contribution is -2.11. The first-order valence-corrected chi connectivity index (χ1v) is 6.73. The molecular formula is C10H17N3O3S. The highest BCUT2D eigenvalue weighted by molar-refractivity contribution is 7.98. The molecule has 0 radical (unpaired) electrons. The van der Waals surface area contributed by atoms with E-state index in [0.717, 1.165) is 12.2 Å². The molecule has 0 fully saturated rings. The minimum atomic E-state index is -1.03. The monoisotopic (exact) mass is 259 g/mol. The topological polar surface area (TPSA) is 77.2 Å². The molecule has 0 aliphatic carbocycles. The third-order valence-electron chi connectivity index (χ3n) is 2.30. The van der Waals surface area contributed by atoms with Gasteiger partial charge in [-0.15, -0.1) is 5.10 Å². The number of aromatic carboxylic acids is 1. The number of carboxylic acid groups (broad SMARTS) is 1. The zero-order valence-corrected chi connectivity index (χ0v) is 10.9. The summed E-state index contributed by atoms with van der Waals surface area (Å²) >= 11 is 1.76. The van der Waals surface area contributed by atoms with Gasteiger partial charge < -0.3 is 9.84 Å². The van der Waals surface area contributed by atoms with Crippen LogP contribution in [0.5, 0.6) is 0 Å². The van der Waals surface area contributed by atoms with E-state index in [2.05, 4.69) is 10.3 Å². The van der Waals surface area contributed by atoms with Gasteiger partial charge in [0.15, 0.2) is 5.69 Å². The van der Waals surface area contributed by atoms with E-state index in [9.17, 15) is 4.79 Å². The maximum atomic E-state index is 11.0. The predicted molar refractivity (Wildman–Crippen MR) is 65.6 cm³/mol. The van der Waals surface area contributed by atoms with E-state index in [4.69, 9.17) is 9.84 Å². The molecule has 0 unspecified atom stereocenters. The maximum Gasteiger partial charge on any atom is 0.358 e. The third kappa shape index (κ3) is 4.01. The molecule has 0 spiro atoms. The molecule has 0 aliphatic rings. The molecule has 0 aromatic carbocycles. The molecule has 1 aromatic heterocycles. The fourth-order valence-corrected chi connectivity index (χ4v) is 1.90. The lowest BCUT2D eigenvalue weighted by atomic mass is 10.2. The third-order valence-corrected chi connectivity index (χ3v) is 3.00. The van der Waals surface area contributed by atoms with Crippen LogP contribution in [-0.2, 0) is 17.7 Å². The van der Waals surface area contributed by atoms with Crippen molar-refractivity contribution < 1.29 is 14.6 Å². The second kappa shape index (κ2) is 7.29. The highest BCUT2D eigenvalue weighted by Gasteiger charge is 2.18. The molecule has 0 amide bonds. The minimum Gasteiger partial charge on any atom is -0.476 e. The Kier molecular flexibility index (Phi) is 5.99. The minimum absolute atomic E-state index is 0.0335. The zero-order chi connectivity index (χ0) is 12.7. The number of carboxylic acids is 1. The van der Waals surface area contributed by atoms with Crippen molar-refractivity contribution in [3.63, 3.8) is 0 Å². The van der Waals surface area contributed by atoms with Crippen molar-refractivity contribution in [1.82, 2.24) is 15.0 Å². The normalized spacial score (nSPS) is 10.7. The van der Waals surface area contributed by atoms with Crippen LogP contribution in [0, 0.1) is 0 Å². The van der Waals surface area contributed by atoms with Gasteiger partial charge in [-0.2, -0.15) is 11.8 Å². The Morgan fingerprint density at radius 2 is 2.35 bits per heavy atom. The Morgan fingerprint density at radius 1 is 1.59 bits per heavy atom. The second-order valence-electron chi connectivity index (χ2n) is 3.50. The Bertz CT molecular complexity index is 368. The Morgan fingerprint density at radius 3 is 2.94 bits per heavy atom. The molecule has 0 aliphatic heterocycles. The summed E-state index contributed by atoms with van der Waals surface area (Å²) < 4.78 is 6.63. The van der Waals surface area contributed by atoms with Crippen LogP contribution < -0.4 is 0 Å². The summed E-state index contributed by atoms with van der Waals surface area (Å²) in [5.41, 5.74) is 0.673. The average molecular weight is 259 g/mol. The van der Waals surface area contributed by atoms with Crippen molar-refractivity contribution in [3.05, 3.63) is 11.4 Å². The number of hydrogen-bond donors (Lipinski definition) is 1. The lowest BCUT2D eigenvalue weighted by Gasteiger charge is -2.06. The summed E-state index contributed by atoms with van der Waals surface area (Å²) in [6.07, 6.45) is 3.50. The number of carbonyl (C=O) groups is 1. The largest absolute Gasteiger partial charge is 0.476 e. The van der Waals surface area contributed by atoms with Crippen LogP contribution in [0.15, 0.2) is 0 Å². The van der Waals surface area contributed by atoms with Gasteiger partial charge in [-0.05, 0) is 18.4 Å². The number of nitrogens with zero attached hydrogens (tertiary/aromatic N) is 3. The number of methoxy groups -OCH3 is 1. The van der Waals surface area contributed by atoms with E-state index in [1.165, 1.54) is 0 Å². The van der Waals surface area contributed by atoms with Crippen molar-refractivity contribution in [2.45, 2.75) is 19.4 Å². The van der Waals surface area contributed by atoms with Crippen molar-refractivity contribution in [1.29, 1.82) is 0 Å². The van der Waals surface area contributed by atoms with Crippen LogP contribution in [-0.4, -0.2) is 51.8 Å². The molecule has 1 rings (SSSR count). The molecule has 0 saturated heterocycles. The molecule has 17 heavy (non-hydrogen) atoms. The Hall–Kier alpha value is -1.08. The summed E-state index contributed by atoms with van der Waals surface area (Å²) in [5, 5.41) is 16.6. The van der Waals surface area contributed by atoms with Gasteiger partial charge in [-0.3, -0.25) is 0 Å². The first-order valence-electron chi connectivity index (χ1n) is 5.34. The summed E-state index contributed by atoms with van der Waals surface area (Å²) in [4.78, 5) is 11.0. The second-order valence-corrected chi connectivity index (χ2v) is 4.49. The van der Waals surface area contributed by atoms with Gasteiger partial charge in [0, 0.05) is 20.1 Å². The molecule has 0 bridgehead atoms. The van der Waals surface area contributed by atoms with Crippen LogP contribution >= 0.6 is 11.8 Å². The zero-order valence-electron chi connectivity index (χ0n) is 10.0. The smallest absolute Gasteiger partial charge is 0.358 e. The van der Waals surface area contributed by atoms with Crippen LogP contribution in [0.1, 0.15) is 22.6 Å². The van der Waals surface area contributed by atoms with Gasteiger partial charge in [-0.25, -0.2) is 9.48 Å². The van der Waals surface area contributed by atoms with Crippen LogP contribution in [0.25, 0.3) is 0 Å². The van der Waals surface area contributed by atoms with Gasteiger partial charge >= 0.3 is 5.97 Å². The fourth-order valence-electron chi connectivity index (χ4n) is 1.48. The predicted octanol–water partition coefficient (Wildman–Crippen LogP) is 0.918. The van der Waals surface area contributed by atoms with Gasteiger partial charge in [0.25, 0.3) is 0 Å². The Balaban J connectivity index is 2.76. The molecule has 6 nitrogen and oxygen atoms in total. The van der Waals surface area contributed by atoms with Crippen LogP contribution in [0.2, 0.25) is 0 Å². The van der Waals surface area contributed by atoms with E-state index < -0.39 is 5.97 Å². The molecule has 96 valence electrons. The van der Waals surface area contributed by atoms with E-state index in [0.29, 0.717) is 25.3 Å². The SMILES string of the molecule is COCCc1c(C(=O)O)nnn1CCCSC. The molecule has 1 heterocycles. The first kappa shape index (κ1) is 14.0. The summed E-state index contributed by atoms with van der Waals surface area (Å²) in [6, 6.07) is 0. The van der Waals surface area contributed by atoms with Gasteiger partial charge in [0.05, 0.1) is 12.3 Å². The van der Waals surface area contributed by atoms with Crippen LogP contribution in [0.4, 0.5) is 0 Å². The van der Waals surface area contributed by atoms with Gasteiger partial charge in [0.2, 0.25) is 0 Å².